The number of thiophene rings is 1. The highest BCUT2D eigenvalue weighted by atomic mass is 32.1. The van der Waals surface area contributed by atoms with E-state index >= 15 is 0 Å². The number of halogens is 1. The lowest BCUT2D eigenvalue weighted by Crippen LogP contribution is -2.33. The number of fused-ring (bicyclic) bond motifs is 1. The Bertz CT molecular complexity index is 696. The minimum absolute atomic E-state index is 0.193. The van der Waals surface area contributed by atoms with Crippen molar-refractivity contribution >= 4 is 33.0 Å². The van der Waals surface area contributed by atoms with Gasteiger partial charge in [-0.1, -0.05) is 0 Å². The first-order chi connectivity index (χ1) is 9.37. The van der Waals surface area contributed by atoms with E-state index < -0.39 is 5.60 Å². The highest BCUT2D eigenvalue weighted by molar-refractivity contribution is 7.21. The number of β-amino-alcohol motifs (C(OH)–C–C–N with tert-alkyl or cyclic N) is 1. The molecule has 0 bridgehead atoms. The van der Waals surface area contributed by atoms with Crippen LogP contribution in [0.2, 0.25) is 0 Å². The van der Waals surface area contributed by atoms with E-state index in [2.05, 4.69) is 0 Å². The number of rotatable bonds is 1. The average molecular weight is 294 g/mol. The molecule has 2 aromatic rings. The lowest BCUT2D eigenvalue weighted by Gasteiger charge is -2.18. The zero-order valence-electron chi connectivity index (χ0n) is 11.0. The van der Waals surface area contributed by atoms with Gasteiger partial charge in [-0.15, -0.1) is 11.3 Å². The Morgan fingerprint density at radius 1 is 1.55 bits per heavy atom. The van der Waals surface area contributed by atoms with Crippen molar-refractivity contribution in [1.29, 1.82) is 0 Å². The molecule has 2 heterocycles. The molecule has 6 heteroatoms. The molecular weight excluding hydrogens is 279 g/mol. The van der Waals surface area contributed by atoms with Gasteiger partial charge in [-0.25, -0.2) is 4.39 Å². The number of hydrogen-bond donors (Lipinski definition) is 2. The summed E-state index contributed by atoms with van der Waals surface area (Å²) in [5.74, 6) is -0.563. The molecule has 0 saturated carbocycles. The summed E-state index contributed by atoms with van der Waals surface area (Å²) in [6.07, 6.45) is 0.554. The van der Waals surface area contributed by atoms with Gasteiger partial charge in [-0.05, 0) is 31.5 Å². The van der Waals surface area contributed by atoms with Crippen molar-refractivity contribution in [1.82, 2.24) is 4.90 Å². The Labute approximate surface area is 119 Å². The van der Waals surface area contributed by atoms with Crippen LogP contribution in [-0.4, -0.2) is 34.6 Å². The van der Waals surface area contributed by atoms with Crippen LogP contribution < -0.4 is 5.73 Å². The van der Waals surface area contributed by atoms with E-state index in [0.29, 0.717) is 35.5 Å². The van der Waals surface area contributed by atoms with Crippen LogP contribution in [0, 0.1) is 5.82 Å². The molecule has 1 amide bonds. The predicted octanol–water partition coefficient (Wildman–Crippen LogP) is 2.22. The predicted molar refractivity (Wildman–Crippen MR) is 77.3 cm³/mol. The number of hydrogen-bond acceptors (Lipinski definition) is 4. The lowest BCUT2D eigenvalue weighted by atomic mass is 10.1. The van der Waals surface area contributed by atoms with E-state index in [1.54, 1.807) is 17.9 Å². The van der Waals surface area contributed by atoms with Crippen molar-refractivity contribution in [3.8, 4) is 0 Å². The number of nitrogens with zero attached hydrogens (tertiary/aromatic N) is 1. The van der Waals surface area contributed by atoms with Gasteiger partial charge in [0, 0.05) is 23.2 Å². The molecular formula is C14H15FN2O2S. The molecule has 3 rings (SSSR count). The first-order valence-electron chi connectivity index (χ1n) is 6.36. The van der Waals surface area contributed by atoms with Crippen LogP contribution >= 0.6 is 11.3 Å². The minimum atomic E-state index is -0.840. The molecule has 1 aliphatic heterocycles. The molecule has 1 unspecified atom stereocenters. The van der Waals surface area contributed by atoms with Crippen LogP contribution in [0.1, 0.15) is 23.0 Å². The quantitative estimate of drug-likeness (QED) is 0.847. The fourth-order valence-corrected chi connectivity index (χ4v) is 3.58. The largest absolute Gasteiger partial charge is 0.397 e. The number of likely N-dealkylation sites (tertiary alicyclic amines) is 1. The Morgan fingerprint density at radius 3 is 2.95 bits per heavy atom. The van der Waals surface area contributed by atoms with Crippen molar-refractivity contribution in [2.45, 2.75) is 18.9 Å². The number of aliphatic hydroxyl groups is 1. The molecule has 1 saturated heterocycles. The highest BCUT2D eigenvalue weighted by Gasteiger charge is 2.35. The summed E-state index contributed by atoms with van der Waals surface area (Å²) in [4.78, 5) is 14.5. The van der Waals surface area contributed by atoms with Gasteiger partial charge in [-0.2, -0.15) is 0 Å². The van der Waals surface area contributed by atoms with E-state index in [1.165, 1.54) is 23.5 Å². The van der Waals surface area contributed by atoms with E-state index in [1.807, 2.05) is 0 Å². The summed E-state index contributed by atoms with van der Waals surface area (Å²) in [5.41, 5.74) is 5.46. The summed E-state index contributed by atoms with van der Waals surface area (Å²) >= 11 is 1.26. The molecule has 106 valence electrons. The van der Waals surface area contributed by atoms with E-state index in [9.17, 15) is 14.3 Å². The topological polar surface area (TPSA) is 66.6 Å². The summed E-state index contributed by atoms with van der Waals surface area (Å²) in [6, 6.07) is 4.33. The van der Waals surface area contributed by atoms with Crippen LogP contribution in [0.4, 0.5) is 10.1 Å². The van der Waals surface area contributed by atoms with Gasteiger partial charge in [0.15, 0.2) is 0 Å². The normalized spacial score (nSPS) is 22.6. The van der Waals surface area contributed by atoms with Crippen molar-refractivity contribution < 1.29 is 14.3 Å². The zero-order chi connectivity index (χ0) is 14.5. The number of carbonyl (C=O) groups excluding carboxylic acids is 1. The molecule has 20 heavy (non-hydrogen) atoms. The maximum atomic E-state index is 13.3. The summed E-state index contributed by atoms with van der Waals surface area (Å²) in [6.45, 7) is 2.52. The monoisotopic (exact) mass is 294 g/mol. The van der Waals surface area contributed by atoms with Crippen molar-refractivity contribution in [2.75, 3.05) is 18.8 Å². The molecule has 4 nitrogen and oxygen atoms in total. The molecule has 0 aliphatic carbocycles. The lowest BCUT2D eigenvalue weighted by molar-refractivity contribution is 0.0575. The first kappa shape index (κ1) is 13.3. The third-order valence-corrected chi connectivity index (χ3v) is 4.80. The average Bonchev–Trinajstić information content (AvgIpc) is 2.90. The smallest absolute Gasteiger partial charge is 0.266 e. The molecule has 1 aliphatic rings. The van der Waals surface area contributed by atoms with Crippen molar-refractivity contribution in [2.24, 2.45) is 0 Å². The molecule has 0 spiro atoms. The Balaban J connectivity index is 1.98. The maximum Gasteiger partial charge on any atom is 0.266 e. The Morgan fingerprint density at radius 2 is 2.30 bits per heavy atom. The standard InChI is InChI=1S/C14H15FN2O2S/c1-14(19)4-5-17(7-14)13(18)12-11(16)9-6-8(15)2-3-10(9)20-12/h2-3,6,19H,4-5,7,16H2,1H3. The molecule has 0 radical (unpaired) electrons. The van der Waals surface area contributed by atoms with Crippen LogP contribution in [0.15, 0.2) is 18.2 Å². The number of carbonyl (C=O) groups is 1. The summed E-state index contributed by atoms with van der Waals surface area (Å²) in [7, 11) is 0. The van der Waals surface area contributed by atoms with Gasteiger partial charge in [0.25, 0.3) is 5.91 Å². The second-order valence-electron chi connectivity index (χ2n) is 5.46. The van der Waals surface area contributed by atoms with Gasteiger partial charge in [0.05, 0.1) is 11.3 Å². The van der Waals surface area contributed by atoms with E-state index in [4.69, 9.17) is 5.73 Å². The van der Waals surface area contributed by atoms with E-state index in [0.717, 1.165) is 4.70 Å². The van der Waals surface area contributed by atoms with Gasteiger partial charge in [0.1, 0.15) is 10.7 Å². The fourth-order valence-electron chi connectivity index (χ4n) is 2.51. The Kier molecular flexibility index (Phi) is 2.95. The molecule has 1 fully saturated rings. The molecule has 3 N–H and O–H groups in total. The minimum Gasteiger partial charge on any atom is -0.397 e. The Hall–Kier alpha value is -1.66. The van der Waals surface area contributed by atoms with E-state index in [-0.39, 0.29) is 11.7 Å². The first-order valence-corrected chi connectivity index (χ1v) is 7.18. The van der Waals surface area contributed by atoms with Crippen LogP contribution in [-0.2, 0) is 0 Å². The van der Waals surface area contributed by atoms with Gasteiger partial charge in [-0.3, -0.25) is 4.79 Å². The van der Waals surface area contributed by atoms with Gasteiger partial charge >= 0.3 is 0 Å². The van der Waals surface area contributed by atoms with Crippen molar-refractivity contribution in [3.63, 3.8) is 0 Å². The molecule has 1 aromatic heterocycles. The maximum absolute atomic E-state index is 13.3. The van der Waals surface area contributed by atoms with Crippen LogP contribution in [0.5, 0.6) is 0 Å². The number of amides is 1. The third-order valence-electron chi connectivity index (χ3n) is 3.62. The van der Waals surface area contributed by atoms with Crippen LogP contribution in [0.3, 0.4) is 0 Å². The second kappa shape index (κ2) is 4.43. The number of nitrogen functional groups attached to an aromatic ring is 1. The van der Waals surface area contributed by atoms with Gasteiger partial charge < -0.3 is 15.7 Å². The highest BCUT2D eigenvalue weighted by Crippen LogP contribution is 2.36. The number of nitrogens with two attached hydrogens (primary N) is 1. The molecule has 1 atom stereocenters. The van der Waals surface area contributed by atoms with Crippen molar-refractivity contribution in [3.05, 3.63) is 28.9 Å². The SMILES string of the molecule is CC1(O)CCN(C(=O)c2sc3ccc(F)cc3c2N)C1. The number of benzene rings is 1. The zero-order valence-corrected chi connectivity index (χ0v) is 11.8. The summed E-state index contributed by atoms with van der Waals surface area (Å²) < 4.78 is 14.0. The third kappa shape index (κ3) is 2.14. The van der Waals surface area contributed by atoms with Crippen LogP contribution in [0.25, 0.3) is 10.1 Å². The van der Waals surface area contributed by atoms with Gasteiger partial charge in [0.2, 0.25) is 0 Å². The fraction of sp³-hybridized carbons (Fsp3) is 0.357. The summed E-state index contributed by atoms with van der Waals surface area (Å²) in [5, 5.41) is 10.5. The molecule has 1 aromatic carbocycles. The number of anilines is 1. The second-order valence-corrected chi connectivity index (χ2v) is 6.51.